The van der Waals surface area contributed by atoms with Crippen LogP contribution in [-0.4, -0.2) is 9.36 Å². The van der Waals surface area contributed by atoms with Crippen LogP contribution < -0.4 is 0 Å². The van der Waals surface area contributed by atoms with Crippen molar-refractivity contribution >= 4 is 11.5 Å². The summed E-state index contributed by atoms with van der Waals surface area (Å²) >= 11 is 1.66. The fourth-order valence-electron chi connectivity index (χ4n) is 2.27. The molecule has 1 heterocycles. The topological polar surface area (TPSA) is 25.8 Å². The van der Waals surface area contributed by atoms with Gasteiger partial charge >= 0.3 is 0 Å². The summed E-state index contributed by atoms with van der Waals surface area (Å²) in [5, 5.41) is 1.33. The summed E-state index contributed by atoms with van der Waals surface area (Å²) in [6.45, 7) is 0. The molecule has 2 fully saturated rings. The monoisotopic (exact) mass is 208 g/mol. The zero-order valence-corrected chi connectivity index (χ0v) is 9.22. The summed E-state index contributed by atoms with van der Waals surface area (Å²) in [6.07, 6.45) is 9.54. The first-order valence-electron chi connectivity index (χ1n) is 5.77. The molecule has 0 N–H and O–H groups in total. The van der Waals surface area contributed by atoms with Crippen LogP contribution in [0.3, 0.4) is 0 Å². The summed E-state index contributed by atoms with van der Waals surface area (Å²) in [5.74, 6) is 2.62. The minimum atomic E-state index is 0.726. The molecule has 1 aromatic heterocycles. The molecular formula is C11H16N2S. The number of rotatable bonds is 2. The fraction of sp³-hybridized carbons (Fsp3) is 0.818. The predicted octanol–water partition coefficient (Wildman–Crippen LogP) is 3.46. The lowest BCUT2D eigenvalue weighted by molar-refractivity contribution is 0.442. The molecule has 2 saturated carbocycles. The van der Waals surface area contributed by atoms with Gasteiger partial charge in [0, 0.05) is 11.8 Å². The number of hydrogen-bond donors (Lipinski definition) is 0. The van der Waals surface area contributed by atoms with E-state index < -0.39 is 0 Å². The van der Waals surface area contributed by atoms with E-state index in [1.807, 2.05) is 0 Å². The number of hydrogen-bond acceptors (Lipinski definition) is 3. The van der Waals surface area contributed by atoms with Crippen LogP contribution in [0.25, 0.3) is 0 Å². The van der Waals surface area contributed by atoms with Gasteiger partial charge < -0.3 is 0 Å². The van der Waals surface area contributed by atoms with Crippen molar-refractivity contribution < 1.29 is 0 Å². The Kier molecular flexibility index (Phi) is 2.28. The Morgan fingerprint density at radius 1 is 0.929 bits per heavy atom. The summed E-state index contributed by atoms with van der Waals surface area (Å²) < 4.78 is 4.48. The van der Waals surface area contributed by atoms with Gasteiger partial charge in [-0.2, -0.15) is 4.37 Å². The van der Waals surface area contributed by atoms with Gasteiger partial charge in [0.15, 0.2) is 0 Å². The van der Waals surface area contributed by atoms with Crippen molar-refractivity contribution in [2.24, 2.45) is 0 Å². The summed E-state index contributed by atoms with van der Waals surface area (Å²) in [5.41, 5.74) is 0. The molecule has 0 amide bonds. The lowest BCUT2D eigenvalue weighted by Crippen LogP contribution is -2.04. The molecule has 3 rings (SSSR count). The zero-order valence-electron chi connectivity index (χ0n) is 8.41. The Labute approximate surface area is 88.9 Å². The van der Waals surface area contributed by atoms with E-state index in [2.05, 4.69) is 4.37 Å². The molecule has 2 aliphatic carbocycles. The number of aromatic nitrogens is 2. The van der Waals surface area contributed by atoms with Crippen molar-refractivity contribution in [1.29, 1.82) is 0 Å². The summed E-state index contributed by atoms with van der Waals surface area (Å²) in [4.78, 5) is 4.70. The molecule has 3 heteroatoms. The van der Waals surface area contributed by atoms with E-state index in [1.54, 1.807) is 11.5 Å². The molecule has 2 nitrogen and oxygen atoms in total. The van der Waals surface area contributed by atoms with Crippen molar-refractivity contribution in [1.82, 2.24) is 9.36 Å². The molecule has 1 aromatic rings. The van der Waals surface area contributed by atoms with Gasteiger partial charge in [-0.05, 0) is 37.2 Å². The molecule has 0 saturated heterocycles. The van der Waals surface area contributed by atoms with E-state index in [1.165, 1.54) is 50.0 Å². The van der Waals surface area contributed by atoms with E-state index in [0.29, 0.717) is 0 Å². The van der Waals surface area contributed by atoms with Crippen molar-refractivity contribution in [2.45, 2.75) is 56.8 Å². The smallest absolute Gasteiger partial charge is 0.145 e. The zero-order chi connectivity index (χ0) is 9.38. The SMILES string of the molecule is C1CCC(c2nc(C3CC3)ns2)CC1. The average Bonchev–Trinajstić information content (AvgIpc) is 2.98. The second kappa shape index (κ2) is 3.61. The highest BCUT2D eigenvalue weighted by molar-refractivity contribution is 7.05. The lowest BCUT2D eigenvalue weighted by Gasteiger charge is -2.18. The molecule has 0 bridgehead atoms. The fourth-order valence-corrected chi connectivity index (χ4v) is 3.17. The van der Waals surface area contributed by atoms with Gasteiger partial charge in [0.05, 0.1) is 0 Å². The Morgan fingerprint density at radius 3 is 2.43 bits per heavy atom. The highest BCUT2D eigenvalue weighted by Gasteiger charge is 2.29. The van der Waals surface area contributed by atoms with Gasteiger partial charge in [0.1, 0.15) is 10.8 Å². The first kappa shape index (κ1) is 8.84. The van der Waals surface area contributed by atoms with Gasteiger partial charge in [-0.15, -0.1) is 0 Å². The first-order valence-corrected chi connectivity index (χ1v) is 6.54. The van der Waals surface area contributed by atoms with Crippen LogP contribution in [0, 0.1) is 0 Å². The molecule has 2 aliphatic rings. The molecular weight excluding hydrogens is 192 g/mol. The van der Waals surface area contributed by atoms with E-state index in [4.69, 9.17) is 4.98 Å². The second-order valence-corrected chi connectivity index (χ2v) is 5.38. The average molecular weight is 208 g/mol. The van der Waals surface area contributed by atoms with Crippen LogP contribution in [0.15, 0.2) is 0 Å². The third-order valence-electron chi connectivity index (χ3n) is 3.35. The minimum absolute atomic E-state index is 0.726. The van der Waals surface area contributed by atoms with E-state index in [0.717, 1.165) is 17.7 Å². The standard InChI is InChI=1S/C11H16N2S/c1-2-4-9(5-3-1)11-12-10(13-14-11)8-6-7-8/h8-9H,1-7H2. The van der Waals surface area contributed by atoms with Gasteiger partial charge in [-0.3, -0.25) is 0 Å². The number of nitrogens with zero attached hydrogens (tertiary/aromatic N) is 2. The maximum absolute atomic E-state index is 4.70. The van der Waals surface area contributed by atoms with Crippen LogP contribution >= 0.6 is 11.5 Å². The van der Waals surface area contributed by atoms with Crippen LogP contribution in [0.1, 0.15) is 67.6 Å². The van der Waals surface area contributed by atoms with E-state index >= 15 is 0 Å². The van der Waals surface area contributed by atoms with E-state index in [-0.39, 0.29) is 0 Å². The Bertz CT molecular complexity index is 311. The van der Waals surface area contributed by atoms with Crippen LogP contribution in [0.4, 0.5) is 0 Å². The van der Waals surface area contributed by atoms with Gasteiger partial charge in [0.25, 0.3) is 0 Å². The van der Waals surface area contributed by atoms with Gasteiger partial charge in [-0.25, -0.2) is 4.98 Å². The minimum Gasteiger partial charge on any atom is -0.224 e. The van der Waals surface area contributed by atoms with Crippen molar-refractivity contribution in [3.63, 3.8) is 0 Å². The Morgan fingerprint density at radius 2 is 1.71 bits per heavy atom. The highest BCUT2D eigenvalue weighted by Crippen LogP contribution is 2.40. The molecule has 76 valence electrons. The predicted molar refractivity (Wildman–Crippen MR) is 57.7 cm³/mol. The molecule has 14 heavy (non-hydrogen) atoms. The maximum atomic E-state index is 4.70. The lowest BCUT2D eigenvalue weighted by atomic mass is 9.90. The van der Waals surface area contributed by atoms with Gasteiger partial charge in [-0.1, -0.05) is 19.3 Å². The molecule has 0 aliphatic heterocycles. The second-order valence-electron chi connectivity index (χ2n) is 4.60. The Balaban J connectivity index is 1.74. The van der Waals surface area contributed by atoms with Gasteiger partial charge in [0.2, 0.25) is 0 Å². The third kappa shape index (κ3) is 1.70. The molecule has 0 unspecified atom stereocenters. The Hall–Kier alpha value is -0.440. The molecule has 0 aromatic carbocycles. The van der Waals surface area contributed by atoms with Crippen LogP contribution in [0.2, 0.25) is 0 Å². The van der Waals surface area contributed by atoms with Crippen LogP contribution in [-0.2, 0) is 0 Å². The molecule has 0 atom stereocenters. The van der Waals surface area contributed by atoms with Crippen molar-refractivity contribution in [3.05, 3.63) is 10.8 Å². The van der Waals surface area contributed by atoms with Crippen molar-refractivity contribution in [3.8, 4) is 0 Å². The maximum Gasteiger partial charge on any atom is 0.145 e. The molecule has 0 spiro atoms. The van der Waals surface area contributed by atoms with E-state index in [9.17, 15) is 0 Å². The summed E-state index contributed by atoms with van der Waals surface area (Å²) in [7, 11) is 0. The van der Waals surface area contributed by atoms with Crippen molar-refractivity contribution in [2.75, 3.05) is 0 Å². The highest BCUT2D eigenvalue weighted by atomic mass is 32.1. The molecule has 0 radical (unpaired) electrons. The first-order chi connectivity index (χ1) is 6.93. The quantitative estimate of drug-likeness (QED) is 0.743. The normalized spacial score (nSPS) is 24.0. The van der Waals surface area contributed by atoms with Crippen LogP contribution in [0.5, 0.6) is 0 Å². The largest absolute Gasteiger partial charge is 0.224 e. The third-order valence-corrected chi connectivity index (χ3v) is 4.24. The summed E-state index contributed by atoms with van der Waals surface area (Å²) in [6, 6.07) is 0.